The summed E-state index contributed by atoms with van der Waals surface area (Å²) in [7, 11) is 0. The highest BCUT2D eigenvalue weighted by Crippen LogP contribution is 2.27. The number of nitrogens with two attached hydrogens (primary N) is 1. The first-order chi connectivity index (χ1) is 13.6. The van der Waals surface area contributed by atoms with Crippen LogP contribution in [0.1, 0.15) is 11.1 Å². The van der Waals surface area contributed by atoms with Crippen molar-refractivity contribution in [2.75, 3.05) is 17.2 Å². The van der Waals surface area contributed by atoms with Gasteiger partial charge in [0.05, 0.1) is 0 Å². The first-order valence-electron chi connectivity index (χ1n) is 9.24. The minimum absolute atomic E-state index is 0.450. The van der Waals surface area contributed by atoms with E-state index < -0.39 is 11.8 Å². The quantitative estimate of drug-likeness (QED) is 0.554. The topological polar surface area (TPSA) is 66.6 Å². The Bertz CT molecular complexity index is 1000. The van der Waals surface area contributed by atoms with Gasteiger partial charge in [0.25, 0.3) is 0 Å². The standard InChI is InChI=1S/C23H21N3O2/c24-19-10-12-21(13-11-19)26(20-8-2-1-3-9-20)23(28)22(27)25-15-14-17-6-4-5-7-18(17)16-25/h1-13H,14-16,24H2. The number of benzene rings is 3. The molecule has 140 valence electrons. The van der Waals surface area contributed by atoms with Crippen LogP contribution in [0.5, 0.6) is 0 Å². The van der Waals surface area contributed by atoms with Gasteiger partial charge in [-0.2, -0.15) is 0 Å². The number of nitrogen functional groups attached to an aromatic ring is 1. The predicted molar refractivity (Wildman–Crippen MR) is 110 cm³/mol. The van der Waals surface area contributed by atoms with Gasteiger partial charge in [-0.1, -0.05) is 42.5 Å². The van der Waals surface area contributed by atoms with Gasteiger partial charge in [0.15, 0.2) is 0 Å². The lowest BCUT2D eigenvalue weighted by atomic mass is 10.00. The number of fused-ring (bicyclic) bond motifs is 1. The molecule has 2 N–H and O–H groups in total. The summed E-state index contributed by atoms with van der Waals surface area (Å²) in [4.78, 5) is 29.4. The minimum Gasteiger partial charge on any atom is -0.399 e. The Morgan fingerprint density at radius 2 is 1.39 bits per heavy atom. The van der Waals surface area contributed by atoms with E-state index in [1.807, 2.05) is 48.5 Å². The Morgan fingerprint density at radius 1 is 0.786 bits per heavy atom. The Hall–Kier alpha value is -3.60. The SMILES string of the molecule is Nc1ccc(N(C(=O)C(=O)N2CCc3ccccc3C2)c2ccccc2)cc1. The molecule has 0 saturated heterocycles. The molecule has 0 aromatic heterocycles. The molecule has 28 heavy (non-hydrogen) atoms. The van der Waals surface area contributed by atoms with Gasteiger partial charge in [-0.3, -0.25) is 14.5 Å². The highest BCUT2D eigenvalue weighted by molar-refractivity contribution is 6.42. The molecule has 0 radical (unpaired) electrons. The van der Waals surface area contributed by atoms with E-state index in [-0.39, 0.29) is 0 Å². The van der Waals surface area contributed by atoms with E-state index in [4.69, 9.17) is 5.73 Å². The molecule has 3 aromatic rings. The Morgan fingerprint density at radius 3 is 2.11 bits per heavy atom. The van der Waals surface area contributed by atoms with Crippen molar-refractivity contribution in [2.45, 2.75) is 13.0 Å². The molecule has 1 aliphatic heterocycles. The average molecular weight is 371 g/mol. The van der Waals surface area contributed by atoms with E-state index in [2.05, 4.69) is 6.07 Å². The first kappa shape index (κ1) is 17.8. The maximum Gasteiger partial charge on any atom is 0.321 e. The third-order valence-electron chi connectivity index (χ3n) is 4.97. The van der Waals surface area contributed by atoms with Crippen molar-refractivity contribution in [1.29, 1.82) is 0 Å². The molecular formula is C23H21N3O2. The molecule has 0 aliphatic carbocycles. The van der Waals surface area contributed by atoms with Gasteiger partial charge in [-0.05, 0) is 53.9 Å². The summed E-state index contributed by atoms with van der Waals surface area (Å²) >= 11 is 0. The second kappa shape index (κ2) is 7.56. The van der Waals surface area contributed by atoms with Gasteiger partial charge in [0.2, 0.25) is 0 Å². The summed E-state index contributed by atoms with van der Waals surface area (Å²) in [6, 6.07) is 24.2. The normalized spacial score (nSPS) is 12.9. The van der Waals surface area contributed by atoms with Crippen molar-refractivity contribution in [3.05, 3.63) is 90.0 Å². The number of nitrogens with zero attached hydrogens (tertiary/aromatic N) is 2. The lowest BCUT2D eigenvalue weighted by Gasteiger charge is -2.31. The van der Waals surface area contributed by atoms with Crippen molar-refractivity contribution in [3.63, 3.8) is 0 Å². The lowest BCUT2D eigenvalue weighted by Crippen LogP contribution is -2.45. The van der Waals surface area contributed by atoms with E-state index in [1.54, 1.807) is 29.2 Å². The zero-order chi connectivity index (χ0) is 19.5. The fourth-order valence-electron chi connectivity index (χ4n) is 3.48. The van der Waals surface area contributed by atoms with Crippen LogP contribution >= 0.6 is 0 Å². The Balaban J connectivity index is 1.64. The summed E-state index contributed by atoms with van der Waals surface area (Å²) in [5, 5.41) is 0. The van der Waals surface area contributed by atoms with Gasteiger partial charge in [-0.15, -0.1) is 0 Å². The molecule has 5 nitrogen and oxygen atoms in total. The highest BCUT2D eigenvalue weighted by Gasteiger charge is 2.31. The van der Waals surface area contributed by atoms with E-state index in [0.29, 0.717) is 30.2 Å². The second-order valence-electron chi connectivity index (χ2n) is 6.81. The van der Waals surface area contributed by atoms with Crippen molar-refractivity contribution in [2.24, 2.45) is 0 Å². The van der Waals surface area contributed by atoms with E-state index in [9.17, 15) is 9.59 Å². The van der Waals surface area contributed by atoms with Gasteiger partial charge < -0.3 is 10.6 Å². The Labute approximate surface area is 164 Å². The maximum atomic E-state index is 13.2. The number of rotatable bonds is 2. The van der Waals surface area contributed by atoms with Crippen molar-refractivity contribution in [1.82, 2.24) is 4.90 Å². The van der Waals surface area contributed by atoms with Crippen LogP contribution in [0.15, 0.2) is 78.9 Å². The zero-order valence-electron chi connectivity index (χ0n) is 15.4. The minimum atomic E-state index is -0.574. The summed E-state index contributed by atoms with van der Waals surface area (Å²) in [5.41, 5.74) is 9.96. The van der Waals surface area contributed by atoms with Gasteiger partial charge in [0, 0.05) is 30.2 Å². The molecule has 0 bridgehead atoms. The molecule has 2 amide bonds. The van der Waals surface area contributed by atoms with Crippen molar-refractivity contribution in [3.8, 4) is 0 Å². The van der Waals surface area contributed by atoms with Crippen LogP contribution in [0.4, 0.5) is 17.1 Å². The van der Waals surface area contributed by atoms with Crippen LogP contribution in [0.3, 0.4) is 0 Å². The summed E-state index contributed by atoms with van der Waals surface area (Å²) in [5.74, 6) is -1.08. The third-order valence-corrected chi connectivity index (χ3v) is 4.97. The van der Waals surface area contributed by atoms with E-state index >= 15 is 0 Å². The third kappa shape index (κ3) is 3.47. The van der Waals surface area contributed by atoms with Crippen LogP contribution in [0, 0.1) is 0 Å². The molecule has 5 heteroatoms. The van der Waals surface area contributed by atoms with Crippen LogP contribution in [0.25, 0.3) is 0 Å². The molecule has 3 aromatic carbocycles. The van der Waals surface area contributed by atoms with Crippen molar-refractivity contribution >= 4 is 28.9 Å². The van der Waals surface area contributed by atoms with Gasteiger partial charge in [-0.25, -0.2) is 0 Å². The molecule has 0 atom stereocenters. The molecule has 1 heterocycles. The Kier molecular flexibility index (Phi) is 4.81. The summed E-state index contributed by atoms with van der Waals surface area (Å²) < 4.78 is 0. The molecule has 0 unspecified atom stereocenters. The number of hydrogen-bond acceptors (Lipinski definition) is 3. The number of anilines is 3. The number of carbonyl (C=O) groups is 2. The number of para-hydroxylation sites is 1. The summed E-state index contributed by atoms with van der Waals surface area (Å²) in [6.45, 7) is 0.983. The number of carbonyl (C=O) groups excluding carboxylic acids is 2. The number of hydrogen-bond donors (Lipinski definition) is 1. The van der Waals surface area contributed by atoms with Crippen LogP contribution in [0.2, 0.25) is 0 Å². The number of amides is 2. The monoisotopic (exact) mass is 371 g/mol. The first-order valence-corrected chi connectivity index (χ1v) is 9.24. The van der Waals surface area contributed by atoms with E-state index in [0.717, 1.165) is 12.0 Å². The van der Waals surface area contributed by atoms with Crippen molar-refractivity contribution < 1.29 is 9.59 Å². The second-order valence-corrected chi connectivity index (χ2v) is 6.81. The van der Waals surface area contributed by atoms with Crippen LogP contribution < -0.4 is 10.6 Å². The summed E-state index contributed by atoms with van der Waals surface area (Å²) in [6.07, 6.45) is 0.752. The van der Waals surface area contributed by atoms with E-state index in [1.165, 1.54) is 10.5 Å². The molecule has 4 rings (SSSR count). The van der Waals surface area contributed by atoms with Crippen LogP contribution in [-0.2, 0) is 22.6 Å². The molecule has 0 saturated carbocycles. The van der Waals surface area contributed by atoms with Crippen LogP contribution in [-0.4, -0.2) is 23.3 Å². The highest BCUT2D eigenvalue weighted by atomic mass is 16.2. The predicted octanol–water partition coefficient (Wildman–Crippen LogP) is 3.52. The fraction of sp³-hybridized carbons (Fsp3) is 0.130. The van der Waals surface area contributed by atoms with Gasteiger partial charge >= 0.3 is 11.8 Å². The average Bonchev–Trinajstić information content (AvgIpc) is 2.75. The molecule has 1 aliphatic rings. The fourth-order valence-corrected chi connectivity index (χ4v) is 3.48. The smallest absolute Gasteiger partial charge is 0.321 e. The maximum absolute atomic E-state index is 13.2. The zero-order valence-corrected chi connectivity index (χ0v) is 15.4. The lowest BCUT2D eigenvalue weighted by molar-refractivity contribution is -0.144. The molecule has 0 spiro atoms. The molecule has 0 fully saturated rings. The molecular weight excluding hydrogens is 350 g/mol. The van der Waals surface area contributed by atoms with Gasteiger partial charge in [0.1, 0.15) is 0 Å². The largest absolute Gasteiger partial charge is 0.399 e.